The molecule has 0 radical (unpaired) electrons. The van der Waals surface area contributed by atoms with Gasteiger partial charge in [0.25, 0.3) is 0 Å². The average molecular weight is 183 g/mol. The van der Waals surface area contributed by atoms with Crippen molar-refractivity contribution in [3.63, 3.8) is 0 Å². The third kappa shape index (κ3) is 1.56. The van der Waals surface area contributed by atoms with Crippen LogP contribution in [0, 0.1) is 0 Å². The van der Waals surface area contributed by atoms with E-state index in [4.69, 9.17) is 5.73 Å². The number of hydrogen-bond donors (Lipinski definition) is 1. The third-order valence-corrected chi connectivity index (χ3v) is 2.99. The Bertz CT molecular complexity index is 203. The van der Waals surface area contributed by atoms with Crippen molar-refractivity contribution in [2.24, 2.45) is 5.73 Å². The first-order valence-electron chi connectivity index (χ1n) is 5.10. The van der Waals surface area contributed by atoms with Crippen molar-refractivity contribution in [2.45, 2.75) is 31.7 Å². The number of hydrazine groups is 1. The van der Waals surface area contributed by atoms with Crippen LogP contribution in [0.4, 0.5) is 0 Å². The summed E-state index contributed by atoms with van der Waals surface area (Å²) in [6.45, 7) is 2.16. The molecule has 1 saturated carbocycles. The number of carbonyl (C=O) groups excluding carboxylic acids is 1. The Kier molecular flexibility index (Phi) is 2.51. The quantitative estimate of drug-likeness (QED) is 0.667. The van der Waals surface area contributed by atoms with Gasteiger partial charge in [-0.2, -0.15) is 0 Å². The Hall–Kier alpha value is -0.610. The van der Waals surface area contributed by atoms with E-state index >= 15 is 0 Å². The van der Waals surface area contributed by atoms with Crippen molar-refractivity contribution in [3.8, 4) is 0 Å². The van der Waals surface area contributed by atoms with E-state index in [-0.39, 0.29) is 5.91 Å². The maximum atomic E-state index is 11.4. The summed E-state index contributed by atoms with van der Waals surface area (Å²) in [5, 5.41) is 4.07. The maximum Gasteiger partial charge on any atom is 0.238 e. The molecule has 0 aromatic rings. The minimum atomic E-state index is 0.248. The maximum absolute atomic E-state index is 11.4. The first kappa shape index (κ1) is 8.97. The Morgan fingerprint density at radius 1 is 1.46 bits per heavy atom. The highest BCUT2D eigenvalue weighted by Crippen LogP contribution is 2.28. The molecule has 0 aromatic heterocycles. The number of nitrogens with two attached hydrogens (primary N) is 1. The average Bonchev–Trinajstić information content (AvgIpc) is 2.33. The Morgan fingerprint density at radius 3 is 2.77 bits per heavy atom. The molecule has 4 nitrogen and oxygen atoms in total. The summed E-state index contributed by atoms with van der Waals surface area (Å²) in [6, 6.07) is 0.623. The molecule has 2 rings (SSSR count). The van der Waals surface area contributed by atoms with Crippen molar-refractivity contribution in [2.75, 3.05) is 19.6 Å². The molecule has 1 aliphatic heterocycles. The van der Waals surface area contributed by atoms with E-state index in [2.05, 4.69) is 5.01 Å². The molecule has 0 bridgehead atoms. The molecule has 2 N–H and O–H groups in total. The fourth-order valence-corrected chi connectivity index (χ4v) is 2.04. The smallest absolute Gasteiger partial charge is 0.238 e. The third-order valence-electron chi connectivity index (χ3n) is 2.99. The lowest BCUT2D eigenvalue weighted by Crippen LogP contribution is -2.49. The fraction of sp³-hybridized carbons (Fsp3) is 0.889. The molecule has 0 spiro atoms. The van der Waals surface area contributed by atoms with E-state index in [0.717, 1.165) is 6.54 Å². The first-order chi connectivity index (χ1) is 6.33. The molecule has 0 atom stereocenters. The Morgan fingerprint density at radius 2 is 2.23 bits per heavy atom. The number of carbonyl (C=O) groups is 1. The van der Waals surface area contributed by atoms with Crippen molar-refractivity contribution in [3.05, 3.63) is 0 Å². The van der Waals surface area contributed by atoms with E-state index in [1.807, 2.05) is 5.01 Å². The van der Waals surface area contributed by atoms with E-state index < -0.39 is 0 Å². The second kappa shape index (κ2) is 3.64. The summed E-state index contributed by atoms with van der Waals surface area (Å²) >= 11 is 0. The summed E-state index contributed by atoms with van der Waals surface area (Å²) < 4.78 is 0. The van der Waals surface area contributed by atoms with Crippen LogP contribution in [0.25, 0.3) is 0 Å². The van der Waals surface area contributed by atoms with Gasteiger partial charge in [-0.25, -0.2) is 5.01 Å². The van der Waals surface area contributed by atoms with Gasteiger partial charge in [-0.1, -0.05) is 6.42 Å². The summed E-state index contributed by atoms with van der Waals surface area (Å²) in [5.41, 5.74) is 5.47. The lowest BCUT2D eigenvalue weighted by molar-refractivity contribution is -0.142. The van der Waals surface area contributed by atoms with Crippen molar-refractivity contribution in [1.82, 2.24) is 10.0 Å². The molecule has 1 saturated heterocycles. The van der Waals surface area contributed by atoms with Gasteiger partial charge in [0.1, 0.15) is 0 Å². The van der Waals surface area contributed by atoms with Gasteiger partial charge in [0.2, 0.25) is 5.91 Å². The van der Waals surface area contributed by atoms with Crippen LogP contribution in [-0.2, 0) is 4.79 Å². The second-order valence-electron chi connectivity index (χ2n) is 3.80. The van der Waals surface area contributed by atoms with E-state index in [0.29, 0.717) is 25.6 Å². The van der Waals surface area contributed by atoms with Gasteiger partial charge in [-0.05, 0) is 12.8 Å². The molecule has 0 aromatic carbocycles. The molecule has 2 fully saturated rings. The number of amides is 1. The standard InChI is InChI=1S/C9H17N3O/c10-5-7-12-9(13)4-6-11(12)8-2-1-3-8/h8H,1-7,10H2. The van der Waals surface area contributed by atoms with Gasteiger partial charge in [-0.3, -0.25) is 9.80 Å². The SMILES string of the molecule is NCCN1C(=O)CCN1C1CCC1. The van der Waals surface area contributed by atoms with Crippen LogP contribution in [0.5, 0.6) is 0 Å². The summed E-state index contributed by atoms with van der Waals surface area (Å²) in [5.74, 6) is 0.248. The van der Waals surface area contributed by atoms with Crippen molar-refractivity contribution < 1.29 is 4.79 Å². The van der Waals surface area contributed by atoms with Crippen LogP contribution in [-0.4, -0.2) is 41.6 Å². The summed E-state index contributed by atoms with van der Waals surface area (Å²) in [6.07, 6.45) is 4.48. The molecule has 0 unspecified atom stereocenters. The van der Waals surface area contributed by atoms with Gasteiger partial charge >= 0.3 is 0 Å². The highest BCUT2D eigenvalue weighted by molar-refractivity contribution is 5.77. The predicted octanol–water partition coefficient (Wildman–Crippen LogP) is -0.0531. The first-order valence-corrected chi connectivity index (χ1v) is 5.10. The molecular weight excluding hydrogens is 166 g/mol. The minimum absolute atomic E-state index is 0.248. The van der Waals surface area contributed by atoms with Crippen molar-refractivity contribution in [1.29, 1.82) is 0 Å². The lowest BCUT2D eigenvalue weighted by Gasteiger charge is -2.39. The van der Waals surface area contributed by atoms with E-state index in [9.17, 15) is 4.79 Å². The molecule has 4 heteroatoms. The van der Waals surface area contributed by atoms with E-state index in [1.165, 1.54) is 19.3 Å². The van der Waals surface area contributed by atoms with Crippen LogP contribution in [0.2, 0.25) is 0 Å². The molecule has 2 aliphatic rings. The normalized spacial score (nSPS) is 25.3. The van der Waals surface area contributed by atoms with E-state index in [1.54, 1.807) is 0 Å². The monoisotopic (exact) mass is 183 g/mol. The van der Waals surface area contributed by atoms with Gasteiger partial charge in [-0.15, -0.1) is 0 Å². The van der Waals surface area contributed by atoms with Gasteiger partial charge < -0.3 is 5.73 Å². The fourth-order valence-electron chi connectivity index (χ4n) is 2.04. The van der Waals surface area contributed by atoms with Crippen molar-refractivity contribution >= 4 is 5.91 Å². The highest BCUT2D eigenvalue weighted by Gasteiger charge is 2.35. The van der Waals surface area contributed by atoms with Gasteiger partial charge in [0.05, 0.1) is 0 Å². The predicted molar refractivity (Wildman–Crippen MR) is 49.7 cm³/mol. The number of rotatable bonds is 3. The topological polar surface area (TPSA) is 49.6 Å². The van der Waals surface area contributed by atoms with Crippen LogP contribution in [0.1, 0.15) is 25.7 Å². The molecule has 13 heavy (non-hydrogen) atoms. The lowest BCUT2D eigenvalue weighted by atomic mass is 9.93. The Balaban J connectivity index is 1.96. The van der Waals surface area contributed by atoms with Gasteiger partial charge in [0.15, 0.2) is 0 Å². The van der Waals surface area contributed by atoms with Gasteiger partial charge in [0, 0.05) is 32.1 Å². The second-order valence-corrected chi connectivity index (χ2v) is 3.80. The highest BCUT2D eigenvalue weighted by atomic mass is 16.2. The zero-order valence-corrected chi connectivity index (χ0v) is 7.91. The molecule has 74 valence electrons. The van der Waals surface area contributed by atoms with Crippen LogP contribution >= 0.6 is 0 Å². The molecule has 1 heterocycles. The summed E-state index contributed by atoms with van der Waals surface area (Å²) in [4.78, 5) is 11.4. The number of nitrogens with zero attached hydrogens (tertiary/aromatic N) is 2. The molecule has 1 aliphatic carbocycles. The zero-order chi connectivity index (χ0) is 9.26. The number of hydrogen-bond acceptors (Lipinski definition) is 3. The Labute approximate surface area is 78.6 Å². The minimum Gasteiger partial charge on any atom is -0.329 e. The zero-order valence-electron chi connectivity index (χ0n) is 7.91. The van der Waals surface area contributed by atoms with Crippen LogP contribution in [0.3, 0.4) is 0 Å². The van der Waals surface area contributed by atoms with Crippen LogP contribution in [0.15, 0.2) is 0 Å². The molecular formula is C9H17N3O. The largest absolute Gasteiger partial charge is 0.329 e. The van der Waals surface area contributed by atoms with Crippen LogP contribution < -0.4 is 5.73 Å². The summed E-state index contributed by atoms with van der Waals surface area (Å²) in [7, 11) is 0. The molecule has 1 amide bonds.